The molecule has 25 heavy (non-hydrogen) atoms. The largest absolute Gasteiger partial charge is 0.436 e. The van der Waals surface area contributed by atoms with Crippen molar-refractivity contribution in [1.29, 1.82) is 0 Å². The van der Waals surface area contributed by atoms with Crippen LogP contribution in [0.4, 0.5) is 18.9 Å². The average Bonchev–Trinajstić information content (AvgIpc) is 3.05. The molecular weight excluding hydrogens is 331 g/mol. The van der Waals surface area contributed by atoms with Crippen LogP contribution in [-0.2, 0) is 6.18 Å². The van der Waals surface area contributed by atoms with E-state index in [0.29, 0.717) is 11.5 Å². The van der Waals surface area contributed by atoms with E-state index in [-0.39, 0.29) is 5.52 Å². The van der Waals surface area contributed by atoms with Gasteiger partial charge in [0.15, 0.2) is 5.58 Å². The molecule has 1 aliphatic heterocycles. The van der Waals surface area contributed by atoms with E-state index in [2.05, 4.69) is 14.9 Å². The third-order valence-corrected chi connectivity index (χ3v) is 4.44. The predicted molar refractivity (Wildman–Crippen MR) is 88.3 cm³/mol. The number of hydrogen-bond donors (Lipinski definition) is 0. The van der Waals surface area contributed by atoms with Crippen molar-refractivity contribution in [2.75, 3.05) is 18.0 Å². The maximum Gasteiger partial charge on any atom is 0.416 e. The van der Waals surface area contributed by atoms with Gasteiger partial charge in [-0.1, -0.05) is 0 Å². The van der Waals surface area contributed by atoms with Crippen LogP contribution in [0.2, 0.25) is 0 Å². The van der Waals surface area contributed by atoms with Crippen molar-refractivity contribution < 1.29 is 17.6 Å². The molecule has 0 bridgehead atoms. The number of fused-ring (bicyclic) bond motifs is 1. The Balaban J connectivity index is 1.77. The zero-order valence-corrected chi connectivity index (χ0v) is 13.4. The number of benzene rings is 1. The quantitative estimate of drug-likeness (QED) is 0.661. The van der Waals surface area contributed by atoms with Crippen LogP contribution in [0.1, 0.15) is 24.8 Å². The average molecular weight is 347 g/mol. The Morgan fingerprint density at radius 3 is 2.60 bits per heavy atom. The molecule has 0 atom stereocenters. The maximum absolute atomic E-state index is 12.9. The first-order valence-electron chi connectivity index (χ1n) is 8.19. The highest BCUT2D eigenvalue weighted by Gasteiger charge is 2.31. The number of pyridine rings is 1. The van der Waals surface area contributed by atoms with E-state index in [4.69, 9.17) is 4.42 Å². The van der Waals surface area contributed by atoms with Crippen LogP contribution in [0, 0.1) is 0 Å². The Bertz CT molecular complexity index is 898. The molecule has 0 amide bonds. The summed E-state index contributed by atoms with van der Waals surface area (Å²) in [6.45, 7) is 1.86. The van der Waals surface area contributed by atoms with E-state index in [1.165, 1.54) is 12.5 Å². The molecule has 1 saturated heterocycles. The van der Waals surface area contributed by atoms with Crippen LogP contribution in [0.25, 0.3) is 22.6 Å². The van der Waals surface area contributed by atoms with E-state index in [1.54, 1.807) is 18.5 Å². The van der Waals surface area contributed by atoms with Gasteiger partial charge in [-0.3, -0.25) is 4.98 Å². The summed E-state index contributed by atoms with van der Waals surface area (Å²) < 4.78 is 44.4. The standard InChI is InChI=1S/C18H16F3N3O/c19-18(20,21)12-4-5-16-14(10-12)23-17(25-16)13-6-7-22-11-15(13)24-8-2-1-3-9-24/h4-7,10-11H,1-3,8-9H2. The van der Waals surface area contributed by atoms with Crippen molar-refractivity contribution in [3.63, 3.8) is 0 Å². The van der Waals surface area contributed by atoms with Crippen LogP contribution >= 0.6 is 0 Å². The van der Waals surface area contributed by atoms with Crippen molar-refractivity contribution in [2.45, 2.75) is 25.4 Å². The van der Waals surface area contributed by atoms with Crippen molar-refractivity contribution in [3.05, 3.63) is 42.2 Å². The molecule has 4 rings (SSSR count). The molecule has 0 aliphatic carbocycles. The van der Waals surface area contributed by atoms with Crippen LogP contribution in [0.3, 0.4) is 0 Å². The number of nitrogens with zero attached hydrogens (tertiary/aromatic N) is 3. The Labute approximate surface area is 142 Å². The lowest BCUT2D eigenvalue weighted by Gasteiger charge is -2.29. The van der Waals surface area contributed by atoms with E-state index in [9.17, 15) is 13.2 Å². The minimum atomic E-state index is -4.40. The van der Waals surface area contributed by atoms with Gasteiger partial charge < -0.3 is 9.32 Å². The molecule has 4 nitrogen and oxygen atoms in total. The minimum absolute atomic E-state index is 0.200. The first-order chi connectivity index (χ1) is 12.0. The lowest BCUT2D eigenvalue weighted by atomic mass is 10.1. The molecule has 2 aromatic heterocycles. The summed E-state index contributed by atoms with van der Waals surface area (Å²) in [6, 6.07) is 5.13. The number of oxazole rings is 1. The first-order valence-corrected chi connectivity index (χ1v) is 8.19. The number of piperidine rings is 1. The highest BCUT2D eigenvalue weighted by atomic mass is 19.4. The summed E-state index contributed by atoms with van der Waals surface area (Å²) in [5.74, 6) is 0.317. The van der Waals surface area contributed by atoms with Crippen LogP contribution in [-0.4, -0.2) is 23.1 Å². The molecule has 3 heterocycles. The maximum atomic E-state index is 12.9. The SMILES string of the molecule is FC(F)(F)c1ccc2oc(-c3ccncc3N3CCCCC3)nc2c1. The van der Waals surface area contributed by atoms with E-state index < -0.39 is 11.7 Å². The molecule has 0 radical (unpaired) electrons. The number of aromatic nitrogens is 2. The third kappa shape index (κ3) is 3.06. The summed E-state index contributed by atoms with van der Waals surface area (Å²) in [7, 11) is 0. The number of rotatable bonds is 2. The van der Waals surface area contributed by atoms with E-state index in [0.717, 1.165) is 49.3 Å². The second-order valence-electron chi connectivity index (χ2n) is 6.14. The van der Waals surface area contributed by atoms with Crippen molar-refractivity contribution >= 4 is 16.8 Å². The first kappa shape index (κ1) is 15.9. The summed E-state index contributed by atoms with van der Waals surface area (Å²) >= 11 is 0. The molecule has 130 valence electrons. The molecule has 0 N–H and O–H groups in total. The molecule has 1 aliphatic rings. The number of anilines is 1. The van der Waals surface area contributed by atoms with E-state index in [1.807, 2.05) is 0 Å². The Kier molecular flexibility index (Phi) is 3.86. The van der Waals surface area contributed by atoms with Gasteiger partial charge in [-0.15, -0.1) is 0 Å². The molecule has 0 spiro atoms. The fourth-order valence-electron chi connectivity index (χ4n) is 3.17. The Morgan fingerprint density at radius 2 is 1.84 bits per heavy atom. The van der Waals surface area contributed by atoms with Gasteiger partial charge in [0.1, 0.15) is 5.52 Å². The summed E-state index contributed by atoms with van der Waals surface area (Å²) in [5, 5.41) is 0. The van der Waals surface area contributed by atoms with Gasteiger partial charge in [-0.2, -0.15) is 13.2 Å². The summed E-state index contributed by atoms with van der Waals surface area (Å²) in [4.78, 5) is 10.7. The lowest BCUT2D eigenvalue weighted by Crippen LogP contribution is -2.29. The number of alkyl halides is 3. The molecule has 0 saturated carbocycles. The topological polar surface area (TPSA) is 42.2 Å². The normalized spacial score (nSPS) is 15.7. The smallest absolute Gasteiger partial charge is 0.416 e. The van der Waals surface area contributed by atoms with Gasteiger partial charge in [-0.25, -0.2) is 4.98 Å². The summed E-state index contributed by atoms with van der Waals surface area (Å²) in [5.41, 5.74) is 1.47. The zero-order valence-electron chi connectivity index (χ0n) is 13.4. The van der Waals surface area contributed by atoms with Gasteiger partial charge in [0.2, 0.25) is 5.89 Å². The minimum Gasteiger partial charge on any atom is -0.436 e. The van der Waals surface area contributed by atoms with Crippen molar-refractivity contribution in [2.24, 2.45) is 0 Å². The molecule has 1 aromatic carbocycles. The fourth-order valence-corrected chi connectivity index (χ4v) is 3.17. The molecule has 1 fully saturated rings. The van der Waals surface area contributed by atoms with Crippen LogP contribution in [0.15, 0.2) is 41.1 Å². The second-order valence-corrected chi connectivity index (χ2v) is 6.14. The lowest BCUT2D eigenvalue weighted by molar-refractivity contribution is -0.137. The second kappa shape index (κ2) is 6.06. The zero-order chi connectivity index (χ0) is 17.4. The Hall–Kier alpha value is -2.57. The van der Waals surface area contributed by atoms with Gasteiger partial charge in [0.25, 0.3) is 0 Å². The highest BCUT2D eigenvalue weighted by molar-refractivity contribution is 5.80. The molecule has 7 heteroatoms. The molecular formula is C18H16F3N3O. The van der Waals surface area contributed by atoms with Gasteiger partial charge >= 0.3 is 6.18 Å². The van der Waals surface area contributed by atoms with Crippen molar-refractivity contribution in [3.8, 4) is 11.5 Å². The van der Waals surface area contributed by atoms with Gasteiger partial charge in [-0.05, 0) is 43.5 Å². The third-order valence-electron chi connectivity index (χ3n) is 4.44. The fraction of sp³-hybridized carbons (Fsp3) is 0.333. The Morgan fingerprint density at radius 1 is 1.04 bits per heavy atom. The highest BCUT2D eigenvalue weighted by Crippen LogP contribution is 2.35. The van der Waals surface area contributed by atoms with Gasteiger partial charge in [0, 0.05) is 19.3 Å². The molecule has 0 unspecified atom stereocenters. The monoisotopic (exact) mass is 347 g/mol. The van der Waals surface area contributed by atoms with Crippen molar-refractivity contribution in [1.82, 2.24) is 9.97 Å². The van der Waals surface area contributed by atoms with Crippen LogP contribution < -0.4 is 4.90 Å². The molecule has 3 aromatic rings. The van der Waals surface area contributed by atoms with E-state index >= 15 is 0 Å². The van der Waals surface area contributed by atoms with Crippen LogP contribution in [0.5, 0.6) is 0 Å². The number of hydrogen-bond acceptors (Lipinski definition) is 4. The van der Waals surface area contributed by atoms with Gasteiger partial charge in [0.05, 0.1) is 23.0 Å². The predicted octanol–water partition coefficient (Wildman–Crippen LogP) is 4.90. The summed E-state index contributed by atoms with van der Waals surface area (Å²) in [6.07, 6.45) is 2.42. The number of halogens is 3.